The Morgan fingerprint density at radius 3 is 2.92 bits per heavy atom. The number of hydrogen-bond donors (Lipinski definition) is 1. The predicted octanol–water partition coefficient (Wildman–Crippen LogP) is 3.06. The molecule has 1 nitrogen and oxygen atoms in total. The van der Waals surface area contributed by atoms with Gasteiger partial charge in [0.15, 0.2) is 0 Å². The fraction of sp³-hybridized carbons (Fsp3) is 0.222. The van der Waals surface area contributed by atoms with Crippen molar-refractivity contribution in [2.24, 2.45) is 0 Å². The molecule has 0 saturated heterocycles. The highest BCUT2D eigenvalue weighted by molar-refractivity contribution is 9.10. The van der Waals surface area contributed by atoms with Crippen LogP contribution in [0.5, 0.6) is 0 Å². The number of nitrogens with one attached hydrogen (secondary N) is 1. The van der Waals surface area contributed by atoms with E-state index in [-0.39, 0.29) is 6.04 Å². The lowest BCUT2D eigenvalue weighted by atomic mass is 10.1. The standard InChI is InChI=1S/C9H10BrNS/c1-7(11-6-12)8-3-2-4-9(10)5-8/h2-7H,1H3,(H,11,12). The van der Waals surface area contributed by atoms with E-state index in [2.05, 4.69) is 40.3 Å². The molecule has 0 aliphatic rings. The van der Waals surface area contributed by atoms with Crippen molar-refractivity contribution >= 4 is 33.6 Å². The molecule has 3 heteroatoms. The van der Waals surface area contributed by atoms with Gasteiger partial charge < -0.3 is 5.32 Å². The minimum Gasteiger partial charge on any atom is -0.376 e. The summed E-state index contributed by atoms with van der Waals surface area (Å²) in [7, 11) is 0. The molecule has 64 valence electrons. The summed E-state index contributed by atoms with van der Waals surface area (Å²) in [5, 5.41) is 3.06. The lowest BCUT2D eigenvalue weighted by Gasteiger charge is -2.11. The minimum atomic E-state index is 0.278. The summed E-state index contributed by atoms with van der Waals surface area (Å²) in [6, 6.07) is 8.45. The number of hydrogen-bond acceptors (Lipinski definition) is 1. The first kappa shape index (κ1) is 9.68. The van der Waals surface area contributed by atoms with Crippen LogP contribution >= 0.6 is 28.1 Å². The fourth-order valence-electron chi connectivity index (χ4n) is 0.974. The van der Waals surface area contributed by atoms with Crippen LogP contribution in [-0.2, 0) is 0 Å². The molecular weight excluding hydrogens is 234 g/mol. The van der Waals surface area contributed by atoms with Gasteiger partial charge in [-0.25, -0.2) is 0 Å². The highest BCUT2D eigenvalue weighted by Crippen LogP contribution is 2.17. The van der Waals surface area contributed by atoms with E-state index >= 15 is 0 Å². The molecule has 0 fully saturated rings. The van der Waals surface area contributed by atoms with Crippen LogP contribution < -0.4 is 5.32 Å². The molecule has 0 aliphatic heterocycles. The van der Waals surface area contributed by atoms with Gasteiger partial charge in [-0.05, 0) is 24.6 Å². The third-order valence-electron chi connectivity index (χ3n) is 1.67. The predicted molar refractivity (Wildman–Crippen MR) is 59.3 cm³/mol. The van der Waals surface area contributed by atoms with Crippen LogP contribution in [0.25, 0.3) is 0 Å². The lowest BCUT2D eigenvalue weighted by Crippen LogP contribution is -2.14. The minimum absolute atomic E-state index is 0.278. The molecule has 0 amide bonds. The second-order valence-electron chi connectivity index (χ2n) is 2.56. The third-order valence-corrected chi connectivity index (χ3v) is 2.30. The van der Waals surface area contributed by atoms with Gasteiger partial charge in [0.1, 0.15) is 0 Å². The molecule has 0 heterocycles. The third kappa shape index (κ3) is 2.57. The van der Waals surface area contributed by atoms with Gasteiger partial charge in [-0.2, -0.15) is 0 Å². The van der Waals surface area contributed by atoms with Crippen LogP contribution in [-0.4, -0.2) is 5.49 Å². The Bertz CT molecular complexity index is 275. The Hall–Kier alpha value is -0.410. The average Bonchev–Trinajstić information content (AvgIpc) is 2.05. The van der Waals surface area contributed by atoms with Gasteiger partial charge in [-0.15, -0.1) is 0 Å². The second-order valence-corrected chi connectivity index (χ2v) is 3.71. The number of thiocarbonyl (C=S) groups is 1. The SMILES string of the molecule is CC(NC=S)c1cccc(Br)c1. The quantitative estimate of drug-likeness (QED) is 0.820. The maximum atomic E-state index is 4.71. The molecule has 1 unspecified atom stereocenters. The molecule has 1 rings (SSSR count). The van der Waals surface area contributed by atoms with E-state index < -0.39 is 0 Å². The summed E-state index contributed by atoms with van der Waals surface area (Å²) >= 11 is 8.13. The first-order valence-electron chi connectivity index (χ1n) is 3.69. The topological polar surface area (TPSA) is 12.0 Å². The van der Waals surface area contributed by atoms with Crippen molar-refractivity contribution < 1.29 is 0 Å². The van der Waals surface area contributed by atoms with E-state index in [0.29, 0.717) is 0 Å². The molecule has 0 bridgehead atoms. The van der Waals surface area contributed by atoms with E-state index in [1.165, 1.54) is 5.56 Å². The largest absolute Gasteiger partial charge is 0.376 e. The van der Waals surface area contributed by atoms with Crippen LogP contribution in [0.4, 0.5) is 0 Å². The molecule has 0 aromatic heterocycles. The molecule has 1 atom stereocenters. The molecule has 0 spiro atoms. The van der Waals surface area contributed by atoms with Gasteiger partial charge in [-0.3, -0.25) is 0 Å². The highest BCUT2D eigenvalue weighted by Gasteiger charge is 2.01. The molecule has 1 aromatic carbocycles. The van der Waals surface area contributed by atoms with Crippen molar-refractivity contribution in [3.63, 3.8) is 0 Å². The maximum Gasteiger partial charge on any atom is 0.0619 e. The van der Waals surface area contributed by atoms with Gasteiger partial charge >= 0.3 is 0 Å². The van der Waals surface area contributed by atoms with Crippen LogP contribution in [0.3, 0.4) is 0 Å². The van der Waals surface area contributed by atoms with Gasteiger partial charge in [0.05, 0.1) is 5.49 Å². The zero-order valence-corrected chi connectivity index (χ0v) is 9.15. The summed E-state index contributed by atoms with van der Waals surface area (Å²) in [5.41, 5.74) is 2.77. The summed E-state index contributed by atoms with van der Waals surface area (Å²) < 4.78 is 1.10. The Balaban J connectivity index is 2.80. The van der Waals surface area contributed by atoms with E-state index in [1.807, 2.05) is 12.1 Å². The molecule has 0 saturated carbocycles. The van der Waals surface area contributed by atoms with Gasteiger partial charge in [0.25, 0.3) is 0 Å². The summed E-state index contributed by atoms with van der Waals surface area (Å²) in [4.78, 5) is 0. The van der Waals surface area contributed by atoms with E-state index in [4.69, 9.17) is 12.2 Å². The van der Waals surface area contributed by atoms with Gasteiger partial charge in [-0.1, -0.05) is 40.3 Å². The molecule has 12 heavy (non-hydrogen) atoms. The van der Waals surface area contributed by atoms with Crippen molar-refractivity contribution in [3.05, 3.63) is 34.3 Å². The Morgan fingerprint density at radius 2 is 2.33 bits per heavy atom. The van der Waals surface area contributed by atoms with Crippen molar-refractivity contribution in [2.45, 2.75) is 13.0 Å². The summed E-state index contributed by atoms with van der Waals surface area (Å²) in [5.74, 6) is 0. The number of rotatable bonds is 3. The molecule has 0 radical (unpaired) electrons. The maximum absolute atomic E-state index is 4.71. The van der Waals surface area contributed by atoms with Crippen LogP contribution in [0, 0.1) is 0 Å². The first-order valence-corrected chi connectivity index (χ1v) is 4.95. The molecule has 0 aliphatic carbocycles. The van der Waals surface area contributed by atoms with Gasteiger partial charge in [0, 0.05) is 10.5 Å². The number of benzene rings is 1. The van der Waals surface area contributed by atoms with E-state index in [0.717, 1.165) is 4.47 Å². The van der Waals surface area contributed by atoms with Crippen LogP contribution in [0.15, 0.2) is 28.7 Å². The van der Waals surface area contributed by atoms with Crippen LogP contribution in [0.2, 0.25) is 0 Å². The zero-order valence-electron chi connectivity index (χ0n) is 6.75. The first-order chi connectivity index (χ1) is 5.74. The van der Waals surface area contributed by atoms with Crippen molar-refractivity contribution in [1.82, 2.24) is 5.32 Å². The summed E-state index contributed by atoms with van der Waals surface area (Å²) in [6.07, 6.45) is 0. The van der Waals surface area contributed by atoms with Crippen molar-refractivity contribution in [2.75, 3.05) is 0 Å². The molecular formula is C9H10BrNS. The summed E-state index contributed by atoms with van der Waals surface area (Å²) in [6.45, 7) is 2.07. The van der Waals surface area contributed by atoms with Crippen molar-refractivity contribution in [3.8, 4) is 0 Å². The molecule has 1 aromatic rings. The van der Waals surface area contributed by atoms with E-state index in [1.54, 1.807) is 5.49 Å². The van der Waals surface area contributed by atoms with Crippen molar-refractivity contribution in [1.29, 1.82) is 0 Å². The second kappa shape index (κ2) is 4.58. The fourth-order valence-corrected chi connectivity index (χ4v) is 1.60. The Morgan fingerprint density at radius 1 is 1.58 bits per heavy atom. The highest BCUT2D eigenvalue weighted by atomic mass is 79.9. The smallest absolute Gasteiger partial charge is 0.0619 e. The molecule has 1 N–H and O–H groups in total. The van der Waals surface area contributed by atoms with Crippen LogP contribution in [0.1, 0.15) is 18.5 Å². The Labute approximate surface area is 86.3 Å². The van der Waals surface area contributed by atoms with E-state index in [9.17, 15) is 0 Å². The lowest BCUT2D eigenvalue weighted by molar-refractivity contribution is 0.732. The normalized spacial score (nSPS) is 12.2. The zero-order chi connectivity index (χ0) is 8.97. The Kier molecular flexibility index (Phi) is 3.69. The monoisotopic (exact) mass is 243 g/mol. The number of halogens is 1. The average molecular weight is 244 g/mol. The van der Waals surface area contributed by atoms with Gasteiger partial charge in [0.2, 0.25) is 0 Å².